The van der Waals surface area contributed by atoms with Gasteiger partial charge in [0.1, 0.15) is 0 Å². The Bertz CT molecular complexity index is 950. The molecule has 132 valence electrons. The van der Waals surface area contributed by atoms with Crippen LogP contribution in [0.25, 0.3) is 5.57 Å². The van der Waals surface area contributed by atoms with Crippen LogP contribution in [-0.2, 0) is 17.1 Å². The number of aliphatic hydroxyl groups is 1. The van der Waals surface area contributed by atoms with Crippen molar-refractivity contribution in [1.29, 1.82) is 0 Å². The van der Waals surface area contributed by atoms with Crippen LogP contribution in [-0.4, -0.2) is 51.7 Å². The number of aliphatic hydroxyl groups excluding tert-OH is 1. The van der Waals surface area contributed by atoms with Crippen LogP contribution in [0.3, 0.4) is 0 Å². The largest absolute Gasteiger partial charge is 0.387 e. The first-order valence-electron chi connectivity index (χ1n) is 7.41. The normalized spacial score (nSPS) is 18.8. The van der Waals surface area contributed by atoms with Gasteiger partial charge in [-0.25, -0.2) is 8.42 Å². The summed E-state index contributed by atoms with van der Waals surface area (Å²) < 4.78 is 28.2. The van der Waals surface area contributed by atoms with Gasteiger partial charge in [-0.05, 0) is 11.6 Å². The molecule has 1 atom stereocenters. The second kappa shape index (κ2) is 6.39. The minimum atomic E-state index is -4.10. The van der Waals surface area contributed by atoms with E-state index in [1.54, 1.807) is 30.2 Å². The van der Waals surface area contributed by atoms with Crippen LogP contribution < -0.4 is 0 Å². The summed E-state index contributed by atoms with van der Waals surface area (Å²) in [5.41, 5.74) is 0.805. The fourth-order valence-electron chi connectivity index (χ4n) is 2.74. The van der Waals surface area contributed by atoms with Crippen LogP contribution in [0.2, 0.25) is 0 Å². The Balaban J connectivity index is 1.94. The summed E-state index contributed by atoms with van der Waals surface area (Å²) in [5, 5.41) is 25.5. The first-order chi connectivity index (χ1) is 11.8. The van der Waals surface area contributed by atoms with Crippen molar-refractivity contribution in [2.75, 3.05) is 13.1 Å². The Morgan fingerprint density at radius 3 is 2.68 bits per heavy atom. The predicted octanol–water partition coefficient (Wildman–Crippen LogP) is 0.777. The van der Waals surface area contributed by atoms with Gasteiger partial charge in [0, 0.05) is 38.0 Å². The summed E-state index contributed by atoms with van der Waals surface area (Å²) >= 11 is 0. The molecule has 1 aromatic heterocycles. The van der Waals surface area contributed by atoms with E-state index < -0.39 is 26.7 Å². The number of nitrogens with zero attached hydrogens (tertiary/aromatic N) is 4. The lowest BCUT2D eigenvalue weighted by molar-refractivity contribution is -0.387. The van der Waals surface area contributed by atoms with Gasteiger partial charge in [0.25, 0.3) is 5.69 Å². The Morgan fingerprint density at radius 1 is 1.36 bits per heavy atom. The van der Waals surface area contributed by atoms with Crippen LogP contribution in [0.4, 0.5) is 5.69 Å². The van der Waals surface area contributed by atoms with E-state index in [4.69, 9.17) is 0 Å². The minimum Gasteiger partial charge on any atom is -0.387 e. The molecule has 0 aliphatic carbocycles. The summed E-state index contributed by atoms with van der Waals surface area (Å²) in [7, 11) is -2.36. The second-order valence-electron chi connectivity index (χ2n) is 5.62. The van der Waals surface area contributed by atoms with E-state index in [-0.39, 0.29) is 18.0 Å². The number of benzene rings is 1. The van der Waals surface area contributed by atoms with Crippen LogP contribution >= 0.6 is 0 Å². The predicted molar refractivity (Wildman–Crippen MR) is 89.0 cm³/mol. The zero-order valence-electron chi connectivity index (χ0n) is 13.3. The van der Waals surface area contributed by atoms with E-state index in [0.717, 1.165) is 10.4 Å². The topological polar surface area (TPSA) is 119 Å². The number of hydrogen-bond acceptors (Lipinski definition) is 6. The van der Waals surface area contributed by atoms with Gasteiger partial charge in [-0.2, -0.15) is 9.40 Å². The average molecular weight is 364 g/mol. The summed E-state index contributed by atoms with van der Waals surface area (Å²) in [6.07, 6.45) is 3.86. The third-order valence-corrected chi connectivity index (χ3v) is 5.85. The number of nitro benzene ring substituents is 1. The summed E-state index contributed by atoms with van der Waals surface area (Å²) in [4.78, 5) is 9.99. The number of para-hydroxylation sites is 1. The molecule has 10 heteroatoms. The van der Waals surface area contributed by atoms with Gasteiger partial charge in [0.2, 0.25) is 10.0 Å². The van der Waals surface area contributed by atoms with E-state index in [1.807, 2.05) is 0 Å². The van der Waals surface area contributed by atoms with E-state index in [2.05, 4.69) is 5.10 Å². The van der Waals surface area contributed by atoms with Gasteiger partial charge in [0.15, 0.2) is 4.90 Å². The zero-order chi connectivity index (χ0) is 18.2. The van der Waals surface area contributed by atoms with Crippen molar-refractivity contribution in [2.45, 2.75) is 11.0 Å². The van der Waals surface area contributed by atoms with Crippen molar-refractivity contribution in [3.63, 3.8) is 0 Å². The molecule has 1 aliphatic heterocycles. The molecule has 25 heavy (non-hydrogen) atoms. The SMILES string of the molecule is Cn1cc(C2=CCN(S(=O)(=O)c3ccccc3[N+](=O)[O-])CC2O)cn1. The van der Waals surface area contributed by atoms with Gasteiger partial charge in [-0.1, -0.05) is 18.2 Å². The van der Waals surface area contributed by atoms with Gasteiger partial charge < -0.3 is 5.11 Å². The minimum absolute atomic E-state index is 0.00959. The first kappa shape index (κ1) is 17.3. The van der Waals surface area contributed by atoms with E-state index in [9.17, 15) is 23.6 Å². The lowest BCUT2D eigenvalue weighted by atomic mass is 10.0. The molecule has 1 N–H and O–H groups in total. The molecule has 0 saturated heterocycles. The Morgan fingerprint density at radius 2 is 2.08 bits per heavy atom. The lowest BCUT2D eigenvalue weighted by Crippen LogP contribution is -2.41. The molecule has 2 heterocycles. The van der Waals surface area contributed by atoms with Crippen molar-refractivity contribution < 1.29 is 18.4 Å². The van der Waals surface area contributed by atoms with Crippen molar-refractivity contribution in [3.05, 3.63) is 58.4 Å². The van der Waals surface area contributed by atoms with Gasteiger partial charge >= 0.3 is 0 Å². The molecule has 1 aliphatic rings. The molecule has 1 aromatic carbocycles. The van der Waals surface area contributed by atoms with Crippen molar-refractivity contribution in [1.82, 2.24) is 14.1 Å². The number of sulfonamides is 1. The lowest BCUT2D eigenvalue weighted by Gasteiger charge is -2.29. The van der Waals surface area contributed by atoms with Crippen LogP contribution in [0.5, 0.6) is 0 Å². The van der Waals surface area contributed by atoms with Crippen LogP contribution in [0.15, 0.2) is 47.6 Å². The first-order valence-corrected chi connectivity index (χ1v) is 8.85. The quantitative estimate of drug-likeness (QED) is 0.632. The highest BCUT2D eigenvalue weighted by molar-refractivity contribution is 7.89. The molecule has 1 unspecified atom stereocenters. The standard InChI is InChI=1S/C15H16N4O5S/c1-17-9-11(8-16-17)12-6-7-18(10-14(12)20)25(23,24)15-5-3-2-4-13(15)19(21)22/h2-6,8-9,14,20H,7,10H2,1H3. The van der Waals surface area contributed by atoms with Crippen molar-refractivity contribution in [2.24, 2.45) is 7.05 Å². The monoisotopic (exact) mass is 364 g/mol. The molecular weight excluding hydrogens is 348 g/mol. The second-order valence-corrected chi connectivity index (χ2v) is 7.53. The fraction of sp³-hybridized carbons (Fsp3) is 0.267. The van der Waals surface area contributed by atoms with Crippen molar-refractivity contribution in [3.8, 4) is 0 Å². The van der Waals surface area contributed by atoms with Gasteiger partial charge in [0.05, 0.1) is 17.2 Å². The number of rotatable bonds is 4. The number of aromatic nitrogens is 2. The Labute approximate surface area is 144 Å². The Hall–Kier alpha value is -2.56. The number of aryl methyl sites for hydroxylation is 1. The molecule has 0 radical (unpaired) electrons. The smallest absolute Gasteiger partial charge is 0.289 e. The molecule has 9 nitrogen and oxygen atoms in total. The summed E-state index contributed by atoms with van der Waals surface area (Å²) in [6.45, 7) is -0.176. The number of nitro groups is 1. The maximum atomic E-state index is 12.8. The maximum Gasteiger partial charge on any atom is 0.289 e. The molecule has 0 saturated carbocycles. The maximum absolute atomic E-state index is 12.8. The van der Waals surface area contributed by atoms with Gasteiger partial charge in [-0.15, -0.1) is 0 Å². The van der Waals surface area contributed by atoms with Gasteiger partial charge in [-0.3, -0.25) is 14.8 Å². The summed E-state index contributed by atoms with van der Waals surface area (Å²) in [6, 6.07) is 5.17. The molecular formula is C15H16N4O5S. The fourth-order valence-corrected chi connectivity index (χ4v) is 4.29. The third-order valence-electron chi connectivity index (χ3n) is 3.97. The van der Waals surface area contributed by atoms with Crippen molar-refractivity contribution >= 4 is 21.3 Å². The Kier molecular flexibility index (Phi) is 4.41. The highest BCUT2D eigenvalue weighted by atomic mass is 32.2. The number of hydrogen-bond donors (Lipinski definition) is 1. The molecule has 0 spiro atoms. The van der Waals surface area contributed by atoms with E-state index >= 15 is 0 Å². The summed E-state index contributed by atoms with van der Waals surface area (Å²) in [5.74, 6) is 0. The molecule has 0 bridgehead atoms. The molecule has 0 fully saturated rings. The van der Waals surface area contributed by atoms with Crippen LogP contribution in [0.1, 0.15) is 5.56 Å². The highest BCUT2D eigenvalue weighted by Gasteiger charge is 2.35. The average Bonchev–Trinajstić information content (AvgIpc) is 3.00. The molecule has 0 amide bonds. The highest BCUT2D eigenvalue weighted by Crippen LogP contribution is 2.30. The molecule has 3 rings (SSSR count). The zero-order valence-corrected chi connectivity index (χ0v) is 14.1. The third kappa shape index (κ3) is 3.18. The number of β-amino-alcohol motifs (C(OH)–C–C–N with tert-alkyl or cyclic N) is 1. The van der Waals surface area contributed by atoms with E-state index in [1.165, 1.54) is 18.2 Å². The van der Waals surface area contributed by atoms with E-state index in [0.29, 0.717) is 11.1 Å². The van der Waals surface area contributed by atoms with Crippen LogP contribution in [0, 0.1) is 10.1 Å². The molecule has 2 aromatic rings.